The third kappa shape index (κ3) is 5.38. The molecule has 0 atom stereocenters. The summed E-state index contributed by atoms with van der Waals surface area (Å²) in [6.07, 6.45) is 3.05. The lowest BCUT2D eigenvalue weighted by atomic mass is 10.1. The maximum absolute atomic E-state index is 11.9. The number of rotatable bonds is 5. The number of benzene rings is 1. The highest BCUT2D eigenvalue weighted by atomic mass is 16.1. The summed E-state index contributed by atoms with van der Waals surface area (Å²) in [4.78, 5) is 14.3. The summed E-state index contributed by atoms with van der Waals surface area (Å²) >= 11 is 0. The molecule has 0 aromatic heterocycles. The van der Waals surface area contributed by atoms with E-state index in [-0.39, 0.29) is 11.4 Å². The summed E-state index contributed by atoms with van der Waals surface area (Å²) in [7, 11) is 0. The standard InChI is InChI=1S/C17H27N3O/c1-17(2,3)18-11-10-16(21)19-14-6-8-15(9-7-14)20-12-4-5-13-20/h6-9,18H,4-5,10-13H2,1-3H3,(H,19,21). The zero-order valence-corrected chi connectivity index (χ0v) is 13.4. The molecule has 21 heavy (non-hydrogen) atoms. The van der Waals surface area contributed by atoms with Crippen LogP contribution in [0, 0.1) is 0 Å². The summed E-state index contributed by atoms with van der Waals surface area (Å²) in [6, 6.07) is 8.16. The Kier molecular flexibility index (Phi) is 5.23. The zero-order chi connectivity index (χ0) is 15.3. The largest absolute Gasteiger partial charge is 0.372 e. The molecule has 2 N–H and O–H groups in total. The lowest BCUT2D eigenvalue weighted by molar-refractivity contribution is -0.116. The molecule has 0 spiro atoms. The van der Waals surface area contributed by atoms with Crippen LogP contribution < -0.4 is 15.5 Å². The SMILES string of the molecule is CC(C)(C)NCCC(=O)Nc1ccc(N2CCCC2)cc1. The fraction of sp³-hybridized carbons (Fsp3) is 0.588. The van der Waals surface area contributed by atoms with E-state index >= 15 is 0 Å². The van der Waals surface area contributed by atoms with E-state index in [1.165, 1.54) is 18.5 Å². The van der Waals surface area contributed by atoms with Crippen molar-refractivity contribution < 1.29 is 4.79 Å². The lowest BCUT2D eigenvalue weighted by Gasteiger charge is -2.20. The van der Waals surface area contributed by atoms with Crippen molar-refractivity contribution in [3.63, 3.8) is 0 Å². The fourth-order valence-corrected chi connectivity index (χ4v) is 2.51. The van der Waals surface area contributed by atoms with E-state index in [0.29, 0.717) is 13.0 Å². The van der Waals surface area contributed by atoms with Gasteiger partial charge in [-0.1, -0.05) is 0 Å². The van der Waals surface area contributed by atoms with Gasteiger partial charge in [0.1, 0.15) is 0 Å². The smallest absolute Gasteiger partial charge is 0.225 e. The molecule has 116 valence electrons. The molecule has 1 amide bonds. The van der Waals surface area contributed by atoms with E-state index in [2.05, 4.69) is 48.4 Å². The normalized spacial score (nSPS) is 15.3. The van der Waals surface area contributed by atoms with E-state index in [4.69, 9.17) is 0 Å². The van der Waals surface area contributed by atoms with Crippen LogP contribution in [-0.2, 0) is 4.79 Å². The Bertz CT molecular complexity index is 456. The molecule has 0 aliphatic carbocycles. The van der Waals surface area contributed by atoms with E-state index in [9.17, 15) is 4.79 Å². The number of carbonyl (C=O) groups is 1. The van der Waals surface area contributed by atoms with Crippen LogP contribution in [0.3, 0.4) is 0 Å². The van der Waals surface area contributed by atoms with Gasteiger partial charge in [0.2, 0.25) is 5.91 Å². The predicted octanol–water partition coefficient (Wildman–Crippen LogP) is 3.00. The van der Waals surface area contributed by atoms with Crippen LogP contribution in [0.15, 0.2) is 24.3 Å². The van der Waals surface area contributed by atoms with Gasteiger partial charge in [-0.05, 0) is 57.9 Å². The van der Waals surface area contributed by atoms with E-state index in [0.717, 1.165) is 18.8 Å². The van der Waals surface area contributed by atoms with Crippen molar-refractivity contribution in [2.75, 3.05) is 29.9 Å². The second-order valence-electron chi connectivity index (χ2n) is 6.72. The van der Waals surface area contributed by atoms with Gasteiger partial charge in [0, 0.05) is 43.0 Å². The molecule has 1 aliphatic rings. The molecule has 1 aliphatic heterocycles. The molecule has 0 unspecified atom stereocenters. The highest BCUT2D eigenvalue weighted by Crippen LogP contribution is 2.22. The summed E-state index contributed by atoms with van der Waals surface area (Å²) in [5, 5.41) is 6.27. The lowest BCUT2D eigenvalue weighted by Crippen LogP contribution is -2.37. The van der Waals surface area contributed by atoms with Crippen molar-refractivity contribution in [2.45, 2.75) is 45.6 Å². The number of hydrogen-bond acceptors (Lipinski definition) is 3. The Labute approximate surface area is 127 Å². The van der Waals surface area contributed by atoms with Crippen LogP contribution in [0.1, 0.15) is 40.0 Å². The molecule has 4 heteroatoms. The quantitative estimate of drug-likeness (QED) is 0.876. The molecule has 1 fully saturated rings. The monoisotopic (exact) mass is 289 g/mol. The third-order valence-corrected chi connectivity index (χ3v) is 3.63. The molecule has 4 nitrogen and oxygen atoms in total. The van der Waals surface area contributed by atoms with Crippen LogP contribution in [0.4, 0.5) is 11.4 Å². The fourth-order valence-electron chi connectivity index (χ4n) is 2.51. The first-order valence-electron chi connectivity index (χ1n) is 7.84. The second kappa shape index (κ2) is 6.94. The average Bonchev–Trinajstić information content (AvgIpc) is 2.92. The number of nitrogens with one attached hydrogen (secondary N) is 2. The Morgan fingerprint density at radius 3 is 2.33 bits per heavy atom. The molecule has 1 heterocycles. The molecule has 0 bridgehead atoms. The average molecular weight is 289 g/mol. The Hall–Kier alpha value is -1.55. The first-order valence-corrected chi connectivity index (χ1v) is 7.84. The van der Waals surface area contributed by atoms with Crippen LogP contribution in [0.2, 0.25) is 0 Å². The summed E-state index contributed by atoms with van der Waals surface area (Å²) < 4.78 is 0. The number of hydrogen-bond donors (Lipinski definition) is 2. The summed E-state index contributed by atoms with van der Waals surface area (Å²) in [6.45, 7) is 9.28. The highest BCUT2D eigenvalue weighted by molar-refractivity contribution is 5.91. The van der Waals surface area contributed by atoms with Crippen molar-refractivity contribution in [1.82, 2.24) is 5.32 Å². The topological polar surface area (TPSA) is 44.4 Å². The van der Waals surface area contributed by atoms with Crippen molar-refractivity contribution in [3.05, 3.63) is 24.3 Å². The van der Waals surface area contributed by atoms with Crippen molar-refractivity contribution >= 4 is 17.3 Å². The minimum Gasteiger partial charge on any atom is -0.372 e. The van der Waals surface area contributed by atoms with Gasteiger partial charge in [-0.15, -0.1) is 0 Å². The van der Waals surface area contributed by atoms with Gasteiger partial charge in [-0.25, -0.2) is 0 Å². The minimum atomic E-state index is 0.0532. The molecular formula is C17H27N3O. The Balaban J connectivity index is 1.78. The Morgan fingerprint density at radius 1 is 1.14 bits per heavy atom. The molecule has 0 saturated carbocycles. The molecular weight excluding hydrogens is 262 g/mol. The van der Waals surface area contributed by atoms with E-state index < -0.39 is 0 Å². The first kappa shape index (κ1) is 15.8. The van der Waals surface area contributed by atoms with Crippen molar-refractivity contribution in [1.29, 1.82) is 0 Å². The van der Waals surface area contributed by atoms with E-state index in [1.807, 2.05) is 12.1 Å². The van der Waals surface area contributed by atoms with Crippen LogP contribution in [0.25, 0.3) is 0 Å². The molecule has 2 rings (SSSR count). The molecule has 1 aromatic carbocycles. The van der Waals surface area contributed by atoms with Gasteiger partial charge in [-0.3, -0.25) is 4.79 Å². The second-order valence-corrected chi connectivity index (χ2v) is 6.72. The van der Waals surface area contributed by atoms with Crippen molar-refractivity contribution in [2.24, 2.45) is 0 Å². The maximum atomic E-state index is 11.9. The van der Waals surface area contributed by atoms with Gasteiger partial charge in [-0.2, -0.15) is 0 Å². The number of carbonyl (C=O) groups excluding carboxylic acids is 1. The minimum absolute atomic E-state index is 0.0532. The van der Waals surface area contributed by atoms with Gasteiger partial charge in [0.15, 0.2) is 0 Å². The van der Waals surface area contributed by atoms with Crippen LogP contribution >= 0.6 is 0 Å². The molecule has 1 aromatic rings. The number of nitrogens with zero attached hydrogens (tertiary/aromatic N) is 1. The zero-order valence-electron chi connectivity index (χ0n) is 13.4. The van der Waals surface area contributed by atoms with Gasteiger partial charge >= 0.3 is 0 Å². The summed E-state index contributed by atoms with van der Waals surface area (Å²) in [5.74, 6) is 0.0562. The van der Waals surface area contributed by atoms with E-state index in [1.54, 1.807) is 0 Å². The highest BCUT2D eigenvalue weighted by Gasteiger charge is 2.12. The van der Waals surface area contributed by atoms with Gasteiger partial charge < -0.3 is 15.5 Å². The molecule has 0 radical (unpaired) electrons. The third-order valence-electron chi connectivity index (χ3n) is 3.63. The van der Waals surface area contributed by atoms with Crippen LogP contribution in [0.5, 0.6) is 0 Å². The number of amides is 1. The first-order chi connectivity index (χ1) is 9.94. The summed E-state index contributed by atoms with van der Waals surface area (Å²) in [5.41, 5.74) is 2.18. The van der Waals surface area contributed by atoms with Crippen molar-refractivity contribution in [3.8, 4) is 0 Å². The van der Waals surface area contributed by atoms with Gasteiger partial charge in [0.05, 0.1) is 0 Å². The predicted molar refractivity (Wildman–Crippen MR) is 88.9 cm³/mol. The van der Waals surface area contributed by atoms with Gasteiger partial charge in [0.25, 0.3) is 0 Å². The molecule has 1 saturated heterocycles. The van der Waals surface area contributed by atoms with Crippen LogP contribution in [-0.4, -0.2) is 31.1 Å². The maximum Gasteiger partial charge on any atom is 0.225 e. The number of anilines is 2. The Morgan fingerprint density at radius 2 is 1.76 bits per heavy atom.